The first-order valence-electron chi connectivity index (χ1n) is 10.0. The van der Waals surface area contributed by atoms with E-state index in [2.05, 4.69) is 51.2 Å². The molecule has 0 bridgehead atoms. The van der Waals surface area contributed by atoms with Crippen molar-refractivity contribution in [3.63, 3.8) is 0 Å². The number of fused-ring (bicyclic) bond motifs is 1. The van der Waals surface area contributed by atoms with Crippen molar-refractivity contribution in [2.24, 2.45) is 5.92 Å². The van der Waals surface area contributed by atoms with Gasteiger partial charge in [0.2, 0.25) is 0 Å². The van der Waals surface area contributed by atoms with Gasteiger partial charge in [0.05, 0.1) is 0 Å². The Hall–Kier alpha value is -2.77. The van der Waals surface area contributed by atoms with Crippen molar-refractivity contribution in [2.75, 3.05) is 29.9 Å². The average molecular weight is 378 g/mol. The third-order valence-electron chi connectivity index (χ3n) is 5.39. The maximum Gasteiger partial charge on any atom is 0.178 e. The molecule has 8 heteroatoms. The fourth-order valence-corrected chi connectivity index (χ4v) is 3.56. The summed E-state index contributed by atoms with van der Waals surface area (Å²) in [7, 11) is 0. The van der Waals surface area contributed by atoms with E-state index in [4.69, 9.17) is 5.10 Å². The number of anilines is 2. The molecule has 0 radical (unpaired) electrons. The summed E-state index contributed by atoms with van der Waals surface area (Å²) in [6, 6.07) is 5.99. The van der Waals surface area contributed by atoms with Crippen LogP contribution in [0.3, 0.4) is 0 Å². The molecule has 0 atom stereocenters. The number of hydrogen-bond donors (Lipinski definition) is 1. The molecular formula is C20H26N8. The molecule has 4 heterocycles. The number of nitrogens with zero attached hydrogens (tertiary/aromatic N) is 7. The maximum absolute atomic E-state index is 4.79. The van der Waals surface area contributed by atoms with Gasteiger partial charge in [-0.05, 0) is 31.0 Å². The van der Waals surface area contributed by atoms with Crippen LogP contribution in [0.25, 0.3) is 5.65 Å². The van der Waals surface area contributed by atoms with Crippen LogP contribution in [0, 0.1) is 5.92 Å². The predicted molar refractivity (Wildman–Crippen MR) is 108 cm³/mol. The molecule has 5 rings (SSSR count). The van der Waals surface area contributed by atoms with Gasteiger partial charge in [-0.2, -0.15) is 4.52 Å². The van der Waals surface area contributed by atoms with Gasteiger partial charge in [-0.1, -0.05) is 20.8 Å². The van der Waals surface area contributed by atoms with E-state index in [-0.39, 0.29) is 5.41 Å². The van der Waals surface area contributed by atoms with E-state index in [9.17, 15) is 0 Å². The summed E-state index contributed by atoms with van der Waals surface area (Å²) in [5, 5.41) is 16.8. The Labute approximate surface area is 164 Å². The van der Waals surface area contributed by atoms with Gasteiger partial charge in [0.25, 0.3) is 0 Å². The minimum Gasteiger partial charge on any atom is -0.370 e. The van der Waals surface area contributed by atoms with E-state index in [1.165, 1.54) is 12.8 Å². The lowest BCUT2D eigenvalue weighted by Gasteiger charge is -2.40. The molecule has 0 amide bonds. The van der Waals surface area contributed by atoms with Crippen molar-refractivity contribution >= 4 is 17.3 Å². The van der Waals surface area contributed by atoms with Gasteiger partial charge >= 0.3 is 0 Å². The molecule has 3 aromatic heterocycles. The molecule has 28 heavy (non-hydrogen) atoms. The summed E-state index contributed by atoms with van der Waals surface area (Å²) in [4.78, 5) is 11.3. The minimum absolute atomic E-state index is 0.0939. The number of hydrogen-bond acceptors (Lipinski definition) is 7. The third kappa shape index (κ3) is 3.27. The summed E-state index contributed by atoms with van der Waals surface area (Å²) in [6.07, 6.45) is 4.31. The first-order valence-corrected chi connectivity index (χ1v) is 10.0. The molecule has 0 unspecified atom stereocenters. The standard InChI is InChI=1S/C20H26N8/c1-20(2,3)19-25-24-16-6-7-17(26-28(16)19)27-11-13(12-27)10-22-15-8-9-21-18(23-15)14-4-5-14/h6-9,13-14H,4-5,10-12H2,1-3H3,(H,21,22,23). The second kappa shape index (κ2) is 6.39. The Morgan fingerprint density at radius 3 is 2.68 bits per heavy atom. The molecule has 3 aromatic rings. The highest BCUT2D eigenvalue weighted by atomic mass is 15.4. The zero-order valence-corrected chi connectivity index (χ0v) is 16.6. The molecule has 1 saturated carbocycles. The highest BCUT2D eigenvalue weighted by Gasteiger charge is 2.30. The minimum atomic E-state index is -0.0939. The monoisotopic (exact) mass is 378 g/mol. The van der Waals surface area contributed by atoms with Crippen LogP contribution in [0.15, 0.2) is 24.4 Å². The molecule has 1 saturated heterocycles. The van der Waals surface area contributed by atoms with Gasteiger partial charge in [0, 0.05) is 43.1 Å². The SMILES string of the molecule is CC(C)(C)c1nnc2ccc(N3CC(CNc4ccnc(C5CC5)n4)C3)nn12. The van der Waals surface area contributed by atoms with Gasteiger partial charge in [-0.3, -0.25) is 0 Å². The molecule has 0 aromatic carbocycles. The van der Waals surface area contributed by atoms with Crippen LogP contribution in [-0.2, 0) is 5.41 Å². The van der Waals surface area contributed by atoms with E-state index >= 15 is 0 Å². The number of aromatic nitrogens is 6. The summed E-state index contributed by atoms with van der Waals surface area (Å²) >= 11 is 0. The van der Waals surface area contributed by atoms with Crippen molar-refractivity contribution in [2.45, 2.75) is 44.9 Å². The molecule has 0 spiro atoms. The number of rotatable bonds is 5. The second-order valence-electron chi connectivity index (χ2n) is 8.96. The lowest BCUT2D eigenvalue weighted by molar-refractivity contribution is 0.423. The number of nitrogens with one attached hydrogen (secondary N) is 1. The van der Waals surface area contributed by atoms with Crippen LogP contribution in [0.2, 0.25) is 0 Å². The summed E-state index contributed by atoms with van der Waals surface area (Å²) in [5.74, 6) is 4.96. The topological polar surface area (TPSA) is 84.1 Å². The Morgan fingerprint density at radius 2 is 1.93 bits per heavy atom. The van der Waals surface area contributed by atoms with Gasteiger partial charge in [0.1, 0.15) is 17.5 Å². The molecule has 146 valence electrons. The van der Waals surface area contributed by atoms with Crippen molar-refractivity contribution in [3.8, 4) is 0 Å². The van der Waals surface area contributed by atoms with Crippen molar-refractivity contribution in [3.05, 3.63) is 36.0 Å². The molecule has 2 aliphatic rings. The fraction of sp³-hybridized carbons (Fsp3) is 0.550. The van der Waals surface area contributed by atoms with Gasteiger partial charge in [0.15, 0.2) is 11.5 Å². The summed E-state index contributed by atoms with van der Waals surface area (Å²) in [6.45, 7) is 9.28. The van der Waals surface area contributed by atoms with Gasteiger partial charge < -0.3 is 10.2 Å². The van der Waals surface area contributed by atoms with Crippen molar-refractivity contribution < 1.29 is 0 Å². The van der Waals surface area contributed by atoms with Gasteiger partial charge in [-0.25, -0.2) is 9.97 Å². The van der Waals surface area contributed by atoms with E-state index < -0.39 is 0 Å². The molecule has 1 aliphatic carbocycles. The summed E-state index contributed by atoms with van der Waals surface area (Å²) in [5.41, 5.74) is 0.700. The van der Waals surface area contributed by atoms with Gasteiger partial charge in [-0.15, -0.1) is 15.3 Å². The third-order valence-corrected chi connectivity index (χ3v) is 5.39. The summed E-state index contributed by atoms with van der Waals surface area (Å²) < 4.78 is 1.88. The average Bonchev–Trinajstić information content (AvgIpc) is 3.38. The molecule has 1 aliphatic heterocycles. The highest BCUT2D eigenvalue weighted by Crippen LogP contribution is 2.38. The molecule has 8 nitrogen and oxygen atoms in total. The zero-order valence-electron chi connectivity index (χ0n) is 16.6. The van der Waals surface area contributed by atoms with Crippen molar-refractivity contribution in [1.29, 1.82) is 0 Å². The normalized spacial score (nSPS) is 17.8. The first kappa shape index (κ1) is 17.3. The molecule has 2 fully saturated rings. The molecule has 1 N–H and O–H groups in total. The second-order valence-corrected chi connectivity index (χ2v) is 8.96. The smallest absolute Gasteiger partial charge is 0.178 e. The Morgan fingerprint density at radius 1 is 1.11 bits per heavy atom. The lowest BCUT2D eigenvalue weighted by atomic mass is 9.96. The van der Waals surface area contributed by atoms with Crippen LogP contribution in [-0.4, -0.2) is 49.4 Å². The predicted octanol–water partition coefficient (Wildman–Crippen LogP) is 2.64. The highest BCUT2D eigenvalue weighted by molar-refractivity contribution is 5.48. The van der Waals surface area contributed by atoms with Crippen LogP contribution < -0.4 is 10.2 Å². The maximum atomic E-state index is 4.79. The lowest BCUT2D eigenvalue weighted by Crippen LogP contribution is -2.50. The van der Waals surface area contributed by atoms with Crippen LogP contribution in [0.5, 0.6) is 0 Å². The Bertz CT molecular complexity index is 995. The van der Waals surface area contributed by atoms with Crippen LogP contribution >= 0.6 is 0 Å². The fourth-order valence-electron chi connectivity index (χ4n) is 3.56. The largest absolute Gasteiger partial charge is 0.370 e. The van der Waals surface area contributed by atoms with Crippen LogP contribution in [0.4, 0.5) is 11.6 Å². The first-order chi connectivity index (χ1) is 13.5. The van der Waals surface area contributed by atoms with E-state index in [0.29, 0.717) is 11.8 Å². The van der Waals surface area contributed by atoms with E-state index in [0.717, 1.165) is 48.6 Å². The van der Waals surface area contributed by atoms with E-state index in [1.807, 2.05) is 28.9 Å². The molecular weight excluding hydrogens is 352 g/mol. The van der Waals surface area contributed by atoms with E-state index in [1.54, 1.807) is 0 Å². The Balaban J connectivity index is 1.21. The zero-order chi connectivity index (χ0) is 19.3. The van der Waals surface area contributed by atoms with Crippen molar-refractivity contribution in [1.82, 2.24) is 29.8 Å². The Kier molecular flexibility index (Phi) is 3.96. The van der Waals surface area contributed by atoms with Crippen LogP contribution in [0.1, 0.15) is 51.2 Å². The quantitative estimate of drug-likeness (QED) is 0.730.